The standard InChI is InChI=1S/C16H22N4O/c1-19-11-7-6-10-14(19)12-20(2)16-17-15(18-21-16)13-8-4-3-5-9-13/h3-5,8-9,14H,6-7,10-12H2,1-2H3/t14-/m1/s1. The summed E-state index contributed by atoms with van der Waals surface area (Å²) in [5.74, 6) is 0.648. The Morgan fingerprint density at radius 2 is 2.10 bits per heavy atom. The van der Waals surface area contributed by atoms with Crippen molar-refractivity contribution >= 4 is 6.01 Å². The van der Waals surface area contributed by atoms with Crippen molar-refractivity contribution in [2.75, 3.05) is 32.1 Å². The molecule has 1 aliphatic heterocycles. The SMILES string of the molecule is CN(C[C@H]1CCCCN1C)c1nc(-c2ccccc2)no1. The average Bonchev–Trinajstić information content (AvgIpc) is 3.00. The van der Waals surface area contributed by atoms with Gasteiger partial charge >= 0.3 is 6.01 Å². The van der Waals surface area contributed by atoms with Crippen molar-refractivity contribution < 1.29 is 4.52 Å². The van der Waals surface area contributed by atoms with Crippen LogP contribution in [0.3, 0.4) is 0 Å². The van der Waals surface area contributed by atoms with E-state index in [4.69, 9.17) is 4.52 Å². The van der Waals surface area contributed by atoms with Crippen LogP contribution in [-0.2, 0) is 0 Å². The molecule has 0 amide bonds. The molecule has 1 aromatic carbocycles. The zero-order valence-electron chi connectivity index (χ0n) is 12.7. The predicted octanol–water partition coefficient (Wildman–Crippen LogP) is 2.66. The Kier molecular flexibility index (Phi) is 4.20. The molecule has 0 saturated carbocycles. The van der Waals surface area contributed by atoms with Gasteiger partial charge in [-0.1, -0.05) is 41.9 Å². The van der Waals surface area contributed by atoms with Crippen LogP contribution in [0, 0.1) is 0 Å². The van der Waals surface area contributed by atoms with Gasteiger partial charge in [0.15, 0.2) is 0 Å². The summed E-state index contributed by atoms with van der Waals surface area (Å²) >= 11 is 0. The van der Waals surface area contributed by atoms with Crippen LogP contribution >= 0.6 is 0 Å². The predicted molar refractivity (Wildman–Crippen MR) is 83.3 cm³/mol. The molecule has 1 atom stereocenters. The van der Waals surface area contributed by atoms with E-state index in [1.807, 2.05) is 37.4 Å². The van der Waals surface area contributed by atoms with Crippen molar-refractivity contribution in [1.29, 1.82) is 0 Å². The van der Waals surface area contributed by atoms with Gasteiger partial charge in [0.25, 0.3) is 0 Å². The molecule has 0 unspecified atom stereocenters. The van der Waals surface area contributed by atoms with E-state index in [2.05, 4.69) is 27.0 Å². The van der Waals surface area contributed by atoms with Crippen LogP contribution in [-0.4, -0.2) is 48.3 Å². The van der Waals surface area contributed by atoms with Crippen LogP contribution in [0.25, 0.3) is 11.4 Å². The van der Waals surface area contributed by atoms with Crippen molar-refractivity contribution in [3.8, 4) is 11.4 Å². The first kappa shape index (κ1) is 14.1. The normalized spacial score (nSPS) is 19.6. The minimum atomic E-state index is 0.566. The molecule has 0 aliphatic carbocycles. The number of benzene rings is 1. The molecule has 3 rings (SSSR count). The summed E-state index contributed by atoms with van der Waals surface area (Å²) in [6.45, 7) is 2.10. The van der Waals surface area contributed by atoms with Crippen molar-refractivity contribution in [2.45, 2.75) is 25.3 Å². The second kappa shape index (κ2) is 6.26. The van der Waals surface area contributed by atoms with Crippen molar-refractivity contribution in [2.24, 2.45) is 0 Å². The van der Waals surface area contributed by atoms with Gasteiger partial charge in [-0.15, -0.1) is 0 Å². The lowest BCUT2D eigenvalue weighted by atomic mass is 10.0. The van der Waals surface area contributed by atoms with Crippen molar-refractivity contribution in [3.05, 3.63) is 30.3 Å². The highest BCUT2D eigenvalue weighted by molar-refractivity contribution is 5.55. The Morgan fingerprint density at radius 1 is 1.29 bits per heavy atom. The Labute approximate surface area is 125 Å². The summed E-state index contributed by atoms with van der Waals surface area (Å²) in [5.41, 5.74) is 0.982. The topological polar surface area (TPSA) is 45.4 Å². The lowest BCUT2D eigenvalue weighted by molar-refractivity contribution is 0.188. The average molecular weight is 286 g/mol. The van der Waals surface area contributed by atoms with Gasteiger partial charge < -0.3 is 14.3 Å². The molecule has 112 valence electrons. The summed E-state index contributed by atoms with van der Waals surface area (Å²) in [6, 6.07) is 11.1. The molecule has 1 aliphatic rings. The molecule has 5 heteroatoms. The van der Waals surface area contributed by atoms with E-state index in [1.54, 1.807) is 0 Å². The monoisotopic (exact) mass is 286 g/mol. The number of likely N-dealkylation sites (tertiary alicyclic amines) is 1. The van der Waals surface area contributed by atoms with Crippen LogP contribution in [0.1, 0.15) is 19.3 Å². The number of likely N-dealkylation sites (N-methyl/N-ethyl adjacent to an activating group) is 2. The fraction of sp³-hybridized carbons (Fsp3) is 0.500. The summed E-state index contributed by atoms with van der Waals surface area (Å²) in [4.78, 5) is 8.99. The zero-order valence-corrected chi connectivity index (χ0v) is 12.7. The zero-order chi connectivity index (χ0) is 14.7. The summed E-state index contributed by atoms with van der Waals surface area (Å²) < 4.78 is 5.40. The minimum Gasteiger partial charge on any atom is -0.326 e. The van der Waals surface area contributed by atoms with Gasteiger partial charge in [-0.2, -0.15) is 4.98 Å². The Bertz CT molecular complexity index is 569. The smallest absolute Gasteiger partial charge is 0.324 e. The molecular weight excluding hydrogens is 264 g/mol. The Balaban J connectivity index is 1.68. The van der Waals surface area contributed by atoms with Gasteiger partial charge in [0, 0.05) is 25.2 Å². The first-order chi connectivity index (χ1) is 10.2. The second-order valence-corrected chi connectivity index (χ2v) is 5.78. The van der Waals surface area contributed by atoms with Gasteiger partial charge in [-0.3, -0.25) is 0 Å². The van der Waals surface area contributed by atoms with Gasteiger partial charge in [-0.25, -0.2) is 0 Å². The van der Waals surface area contributed by atoms with Gasteiger partial charge in [-0.05, 0) is 26.4 Å². The Hall–Kier alpha value is -1.88. The molecule has 0 bridgehead atoms. The van der Waals surface area contributed by atoms with Crippen LogP contribution in [0.15, 0.2) is 34.9 Å². The van der Waals surface area contributed by atoms with E-state index in [1.165, 1.54) is 25.8 Å². The first-order valence-corrected chi connectivity index (χ1v) is 7.54. The highest BCUT2D eigenvalue weighted by atomic mass is 16.5. The van der Waals surface area contributed by atoms with E-state index in [0.717, 1.165) is 12.1 Å². The largest absolute Gasteiger partial charge is 0.326 e. The lowest BCUT2D eigenvalue weighted by Crippen LogP contribution is -2.43. The molecule has 0 spiro atoms. The minimum absolute atomic E-state index is 0.566. The molecule has 1 aromatic heterocycles. The van der Waals surface area contributed by atoms with E-state index in [9.17, 15) is 0 Å². The van der Waals surface area contributed by atoms with Crippen LogP contribution in [0.2, 0.25) is 0 Å². The molecule has 1 fully saturated rings. The van der Waals surface area contributed by atoms with Crippen molar-refractivity contribution in [3.63, 3.8) is 0 Å². The molecular formula is C16H22N4O. The van der Waals surface area contributed by atoms with E-state index < -0.39 is 0 Å². The molecule has 1 saturated heterocycles. The van der Waals surface area contributed by atoms with E-state index in [0.29, 0.717) is 17.9 Å². The van der Waals surface area contributed by atoms with Crippen LogP contribution in [0.5, 0.6) is 0 Å². The van der Waals surface area contributed by atoms with Crippen LogP contribution < -0.4 is 4.90 Å². The highest BCUT2D eigenvalue weighted by Crippen LogP contribution is 2.21. The molecule has 0 N–H and O–H groups in total. The van der Waals surface area contributed by atoms with Crippen LogP contribution in [0.4, 0.5) is 6.01 Å². The Morgan fingerprint density at radius 3 is 2.86 bits per heavy atom. The highest BCUT2D eigenvalue weighted by Gasteiger charge is 2.22. The fourth-order valence-electron chi connectivity index (χ4n) is 2.84. The lowest BCUT2D eigenvalue weighted by Gasteiger charge is -2.34. The maximum absolute atomic E-state index is 5.40. The third-order valence-corrected chi connectivity index (χ3v) is 4.18. The second-order valence-electron chi connectivity index (χ2n) is 5.78. The number of hydrogen-bond donors (Lipinski definition) is 0. The van der Waals surface area contributed by atoms with E-state index >= 15 is 0 Å². The molecule has 21 heavy (non-hydrogen) atoms. The van der Waals surface area contributed by atoms with E-state index in [-0.39, 0.29) is 0 Å². The van der Waals surface area contributed by atoms with Gasteiger partial charge in [0.05, 0.1) is 0 Å². The molecule has 5 nitrogen and oxygen atoms in total. The number of aromatic nitrogens is 2. The molecule has 2 aromatic rings. The number of nitrogens with zero attached hydrogens (tertiary/aromatic N) is 4. The summed E-state index contributed by atoms with van der Waals surface area (Å²) in [7, 11) is 4.21. The van der Waals surface area contributed by atoms with Gasteiger partial charge in [0.1, 0.15) is 0 Å². The van der Waals surface area contributed by atoms with Gasteiger partial charge in [0.2, 0.25) is 5.82 Å². The first-order valence-electron chi connectivity index (χ1n) is 7.54. The number of hydrogen-bond acceptors (Lipinski definition) is 5. The quantitative estimate of drug-likeness (QED) is 0.864. The summed E-state index contributed by atoms with van der Waals surface area (Å²) in [6.07, 6.45) is 3.85. The molecule has 2 heterocycles. The number of anilines is 1. The maximum Gasteiger partial charge on any atom is 0.324 e. The number of piperidine rings is 1. The third-order valence-electron chi connectivity index (χ3n) is 4.18. The summed E-state index contributed by atoms with van der Waals surface area (Å²) in [5, 5.41) is 4.08. The maximum atomic E-state index is 5.40. The van der Waals surface area contributed by atoms with Crippen molar-refractivity contribution in [1.82, 2.24) is 15.0 Å². The number of rotatable bonds is 4. The molecule has 0 radical (unpaired) electrons. The third kappa shape index (κ3) is 3.24. The fourth-order valence-corrected chi connectivity index (χ4v) is 2.84.